The summed E-state index contributed by atoms with van der Waals surface area (Å²) in [6, 6.07) is 8.85. The van der Waals surface area contributed by atoms with Crippen LogP contribution in [0.5, 0.6) is 0 Å². The summed E-state index contributed by atoms with van der Waals surface area (Å²) < 4.78 is 54.5. The van der Waals surface area contributed by atoms with Crippen LogP contribution >= 0.6 is 0 Å². The standard InChI is InChI=1S/C24H20F4N4O2/c1-13-9-20-21(30-22(13)33)29-8-2-3-14-10-16(25)5-7-18(14)31-12-32(20)23(34)17-11-15(24(26,27)28)4-6-19(17)31/h4-7,9-11H,2-3,8,12H2,1H3,(H2,29,30,33). The van der Waals surface area contributed by atoms with Crippen molar-refractivity contribution in [3.63, 3.8) is 0 Å². The van der Waals surface area contributed by atoms with E-state index in [1.165, 1.54) is 23.1 Å². The molecule has 2 aromatic carbocycles. The Morgan fingerprint density at radius 1 is 0.941 bits per heavy atom. The van der Waals surface area contributed by atoms with E-state index in [1.54, 1.807) is 24.0 Å². The van der Waals surface area contributed by atoms with E-state index in [-0.39, 0.29) is 17.8 Å². The number of aryl methyl sites for hydroxylation is 2. The van der Waals surface area contributed by atoms with Gasteiger partial charge in [-0.05, 0) is 67.8 Å². The molecule has 2 aliphatic heterocycles. The van der Waals surface area contributed by atoms with Gasteiger partial charge in [0.05, 0.1) is 22.5 Å². The van der Waals surface area contributed by atoms with Gasteiger partial charge < -0.3 is 15.2 Å². The lowest BCUT2D eigenvalue weighted by atomic mass is 10.0. The average Bonchev–Trinajstić information content (AvgIpc) is 2.81. The number of amides is 1. The smallest absolute Gasteiger partial charge is 0.370 e. The zero-order valence-corrected chi connectivity index (χ0v) is 18.1. The van der Waals surface area contributed by atoms with Crippen molar-refractivity contribution in [1.82, 2.24) is 4.98 Å². The van der Waals surface area contributed by atoms with Crippen molar-refractivity contribution in [1.29, 1.82) is 0 Å². The van der Waals surface area contributed by atoms with Crippen LogP contribution in [0, 0.1) is 12.7 Å². The molecule has 2 N–H and O–H groups in total. The summed E-state index contributed by atoms with van der Waals surface area (Å²) in [6.07, 6.45) is -3.56. The number of hydrogen-bond acceptors (Lipinski definition) is 4. The molecule has 0 saturated heterocycles. The van der Waals surface area contributed by atoms with Crippen LogP contribution in [0.15, 0.2) is 47.3 Å². The molecule has 10 heteroatoms. The topological polar surface area (TPSA) is 68.4 Å². The predicted molar refractivity (Wildman–Crippen MR) is 120 cm³/mol. The van der Waals surface area contributed by atoms with Gasteiger partial charge in [-0.3, -0.25) is 14.5 Å². The molecule has 0 spiro atoms. The van der Waals surface area contributed by atoms with Gasteiger partial charge in [0.2, 0.25) is 0 Å². The van der Waals surface area contributed by atoms with Crippen molar-refractivity contribution in [2.24, 2.45) is 0 Å². The molecule has 3 aromatic rings. The summed E-state index contributed by atoms with van der Waals surface area (Å²) in [5.74, 6) is -0.756. The van der Waals surface area contributed by atoms with E-state index < -0.39 is 23.5 Å². The predicted octanol–water partition coefficient (Wildman–Crippen LogP) is 4.96. The lowest BCUT2D eigenvalue weighted by Gasteiger charge is -2.39. The number of fused-ring (bicyclic) bond motifs is 8. The molecule has 1 aromatic heterocycles. The van der Waals surface area contributed by atoms with Crippen LogP contribution in [-0.2, 0) is 12.6 Å². The van der Waals surface area contributed by atoms with E-state index in [1.807, 2.05) is 0 Å². The van der Waals surface area contributed by atoms with Crippen molar-refractivity contribution in [3.05, 3.63) is 80.9 Å². The zero-order chi connectivity index (χ0) is 24.2. The highest BCUT2D eigenvalue weighted by Gasteiger charge is 2.37. The first kappa shape index (κ1) is 22.0. The minimum atomic E-state index is -4.63. The second-order valence-electron chi connectivity index (χ2n) is 8.38. The number of benzene rings is 2. The molecule has 0 unspecified atom stereocenters. The first-order valence-corrected chi connectivity index (χ1v) is 10.7. The van der Waals surface area contributed by atoms with Crippen LogP contribution in [0.25, 0.3) is 0 Å². The van der Waals surface area contributed by atoms with Gasteiger partial charge in [0.1, 0.15) is 18.3 Å². The Morgan fingerprint density at radius 2 is 1.71 bits per heavy atom. The number of halogens is 4. The number of hydrogen-bond donors (Lipinski definition) is 2. The van der Waals surface area contributed by atoms with Gasteiger partial charge in [-0.15, -0.1) is 0 Å². The van der Waals surface area contributed by atoms with Gasteiger partial charge in [0.25, 0.3) is 11.5 Å². The Bertz CT molecular complexity index is 1370. The lowest BCUT2D eigenvalue weighted by Crippen LogP contribution is -2.46. The van der Waals surface area contributed by atoms with Gasteiger partial charge in [0, 0.05) is 17.8 Å². The number of carbonyl (C=O) groups excluding carboxylic acids is 1. The molecule has 0 fully saturated rings. The normalized spacial score (nSPS) is 15.6. The number of anilines is 4. The van der Waals surface area contributed by atoms with Crippen LogP contribution in [-0.4, -0.2) is 24.1 Å². The molecule has 1 amide bonds. The van der Waals surface area contributed by atoms with Crippen LogP contribution < -0.4 is 20.7 Å². The van der Waals surface area contributed by atoms with Gasteiger partial charge in [-0.2, -0.15) is 13.2 Å². The number of H-pyrrole nitrogens is 1. The van der Waals surface area contributed by atoms with E-state index in [0.29, 0.717) is 53.4 Å². The largest absolute Gasteiger partial charge is 0.416 e. The van der Waals surface area contributed by atoms with Crippen molar-refractivity contribution < 1.29 is 22.4 Å². The summed E-state index contributed by atoms with van der Waals surface area (Å²) in [5, 5.41) is 3.12. The van der Waals surface area contributed by atoms with E-state index in [9.17, 15) is 27.2 Å². The number of pyridine rings is 1. The number of carbonyl (C=O) groups is 1. The molecule has 34 heavy (non-hydrogen) atoms. The maximum absolute atomic E-state index is 14.1. The van der Waals surface area contributed by atoms with Crippen molar-refractivity contribution in [2.75, 3.05) is 28.3 Å². The third kappa shape index (κ3) is 3.68. The summed E-state index contributed by atoms with van der Waals surface area (Å²) in [5.41, 5.74) is 0.853. The van der Waals surface area contributed by atoms with E-state index in [0.717, 1.165) is 12.1 Å². The average molecular weight is 472 g/mol. The Morgan fingerprint density at radius 3 is 2.47 bits per heavy atom. The molecule has 3 heterocycles. The van der Waals surface area contributed by atoms with Crippen molar-refractivity contribution in [3.8, 4) is 0 Å². The third-order valence-electron chi connectivity index (χ3n) is 6.13. The molecular weight excluding hydrogens is 452 g/mol. The molecule has 0 saturated carbocycles. The van der Waals surface area contributed by atoms with Crippen LogP contribution in [0.4, 0.5) is 40.4 Å². The second kappa shape index (κ2) is 7.89. The van der Waals surface area contributed by atoms with Crippen molar-refractivity contribution >= 4 is 28.8 Å². The number of nitrogens with zero attached hydrogens (tertiary/aromatic N) is 2. The fourth-order valence-corrected chi connectivity index (χ4v) is 4.41. The summed E-state index contributed by atoms with van der Waals surface area (Å²) in [7, 11) is 0. The number of alkyl halides is 3. The Hall–Kier alpha value is -3.82. The van der Waals surface area contributed by atoms with E-state index in [2.05, 4.69) is 10.3 Å². The maximum atomic E-state index is 14.1. The minimum absolute atomic E-state index is 0.0318. The number of aromatic nitrogens is 1. The molecule has 2 aliphatic rings. The summed E-state index contributed by atoms with van der Waals surface area (Å²) in [6.45, 7) is 1.98. The van der Waals surface area contributed by atoms with Crippen LogP contribution in [0.2, 0.25) is 0 Å². The monoisotopic (exact) mass is 472 g/mol. The van der Waals surface area contributed by atoms with Gasteiger partial charge in [-0.25, -0.2) is 4.39 Å². The van der Waals surface area contributed by atoms with Gasteiger partial charge in [-0.1, -0.05) is 0 Å². The maximum Gasteiger partial charge on any atom is 0.416 e. The Balaban J connectivity index is 1.78. The Labute approximate surface area is 191 Å². The highest BCUT2D eigenvalue weighted by Crippen LogP contribution is 2.41. The molecule has 5 rings (SSSR count). The molecule has 176 valence electrons. The van der Waals surface area contributed by atoms with Gasteiger partial charge >= 0.3 is 6.18 Å². The van der Waals surface area contributed by atoms with Crippen LogP contribution in [0.3, 0.4) is 0 Å². The van der Waals surface area contributed by atoms with Crippen LogP contribution in [0.1, 0.15) is 33.5 Å². The first-order chi connectivity index (χ1) is 16.1. The van der Waals surface area contributed by atoms with Crippen molar-refractivity contribution in [2.45, 2.75) is 25.9 Å². The molecular formula is C24H20F4N4O2. The molecule has 0 atom stereocenters. The number of rotatable bonds is 0. The fourth-order valence-electron chi connectivity index (χ4n) is 4.41. The molecule has 2 bridgehead atoms. The third-order valence-corrected chi connectivity index (χ3v) is 6.13. The quantitative estimate of drug-likeness (QED) is 0.454. The number of aromatic amines is 1. The Kier molecular flexibility index (Phi) is 5.11. The van der Waals surface area contributed by atoms with E-state index >= 15 is 0 Å². The molecule has 0 radical (unpaired) electrons. The lowest BCUT2D eigenvalue weighted by molar-refractivity contribution is -0.137. The summed E-state index contributed by atoms with van der Waals surface area (Å²) >= 11 is 0. The van der Waals surface area contributed by atoms with Gasteiger partial charge in [0.15, 0.2) is 0 Å². The minimum Gasteiger partial charge on any atom is -0.370 e. The zero-order valence-electron chi connectivity index (χ0n) is 18.1. The highest BCUT2D eigenvalue weighted by atomic mass is 19.4. The molecule has 6 nitrogen and oxygen atoms in total. The second-order valence-corrected chi connectivity index (χ2v) is 8.38. The number of nitrogens with one attached hydrogen (secondary N) is 2. The first-order valence-electron chi connectivity index (χ1n) is 10.7. The fraction of sp³-hybridized carbons (Fsp3) is 0.250. The van der Waals surface area contributed by atoms with E-state index in [4.69, 9.17) is 0 Å². The molecule has 0 aliphatic carbocycles. The SMILES string of the molecule is Cc1cc2c([nH]c1=O)NCCCc1cc(F)ccc1N1CN2C(=O)c2cc(C(F)(F)F)ccc21. The highest BCUT2D eigenvalue weighted by molar-refractivity contribution is 6.13. The summed E-state index contributed by atoms with van der Waals surface area (Å²) in [4.78, 5) is 31.6.